The van der Waals surface area contributed by atoms with Crippen LogP contribution in [-0.2, 0) is 6.42 Å². The first-order valence-electron chi connectivity index (χ1n) is 8.20. The number of rotatable bonds is 6. The Hall–Kier alpha value is -2.51. The number of hydrogen-bond acceptors (Lipinski definition) is 6. The van der Waals surface area contributed by atoms with Crippen molar-refractivity contribution in [2.45, 2.75) is 26.7 Å². The Labute approximate surface area is 159 Å². The van der Waals surface area contributed by atoms with Gasteiger partial charge in [0.05, 0.1) is 15.6 Å². The molecule has 1 N–H and O–H groups in total. The number of thiophene rings is 1. The van der Waals surface area contributed by atoms with Gasteiger partial charge in [-0.1, -0.05) is 13.0 Å². The predicted molar refractivity (Wildman–Crippen MR) is 105 cm³/mol. The van der Waals surface area contributed by atoms with Crippen LogP contribution in [0.15, 0.2) is 41.8 Å². The third kappa shape index (κ3) is 4.36. The number of hydrogen-bond donors (Lipinski definition) is 1. The van der Waals surface area contributed by atoms with E-state index < -0.39 is 5.97 Å². The first kappa shape index (κ1) is 18.3. The van der Waals surface area contributed by atoms with Crippen LogP contribution in [0.4, 0.5) is 5.69 Å². The Balaban J connectivity index is 1.63. The molecular weight excluding hydrogens is 368 g/mol. The lowest BCUT2D eigenvalue weighted by atomic mass is 10.3. The standard InChI is InChI=1S/C19H18N2O3S2/c1-3-5-16-20-12(2)17(26-16)19(23)24-14-9-7-13(8-10-14)21-18(22)15-6-4-11-25-15/h4,6-11H,3,5H2,1-2H3,(H,21,22). The number of aryl methyl sites for hydroxylation is 2. The van der Waals surface area contributed by atoms with Gasteiger partial charge < -0.3 is 10.1 Å². The van der Waals surface area contributed by atoms with Crippen LogP contribution >= 0.6 is 22.7 Å². The number of thiazole rings is 1. The number of esters is 1. The molecule has 0 atom stereocenters. The zero-order valence-electron chi connectivity index (χ0n) is 14.4. The molecule has 0 spiro atoms. The van der Waals surface area contributed by atoms with Gasteiger partial charge in [-0.25, -0.2) is 9.78 Å². The van der Waals surface area contributed by atoms with Gasteiger partial charge in [-0.2, -0.15) is 0 Å². The summed E-state index contributed by atoms with van der Waals surface area (Å²) in [6.07, 6.45) is 1.84. The smallest absolute Gasteiger partial charge is 0.355 e. The van der Waals surface area contributed by atoms with E-state index in [9.17, 15) is 9.59 Å². The summed E-state index contributed by atoms with van der Waals surface area (Å²) in [6.45, 7) is 3.89. The van der Waals surface area contributed by atoms with E-state index in [2.05, 4.69) is 17.2 Å². The molecule has 5 nitrogen and oxygen atoms in total. The summed E-state index contributed by atoms with van der Waals surface area (Å²) in [4.78, 5) is 30.0. The number of carbonyl (C=O) groups excluding carboxylic acids is 2. The van der Waals surface area contributed by atoms with Crippen LogP contribution in [0, 0.1) is 6.92 Å². The fraction of sp³-hybridized carbons (Fsp3) is 0.211. The normalized spacial score (nSPS) is 10.5. The fourth-order valence-corrected chi connectivity index (χ4v) is 3.98. The van der Waals surface area contributed by atoms with E-state index >= 15 is 0 Å². The van der Waals surface area contributed by atoms with Gasteiger partial charge in [0.15, 0.2) is 0 Å². The van der Waals surface area contributed by atoms with Gasteiger partial charge in [-0.05, 0) is 55.5 Å². The molecule has 134 valence electrons. The maximum Gasteiger partial charge on any atom is 0.355 e. The first-order valence-corrected chi connectivity index (χ1v) is 9.90. The molecule has 1 amide bonds. The van der Waals surface area contributed by atoms with Crippen molar-refractivity contribution in [3.8, 4) is 5.75 Å². The zero-order valence-corrected chi connectivity index (χ0v) is 16.1. The highest BCUT2D eigenvalue weighted by atomic mass is 32.1. The largest absolute Gasteiger partial charge is 0.422 e. The molecule has 1 aromatic carbocycles. The van der Waals surface area contributed by atoms with Crippen molar-refractivity contribution in [1.29, 1.82) is 0 Å². The van der Waals surface area contributed by atoms with Crippen LogP contribution in [-0.4, -0.2) is 16.9 Å². The summed E-state index contributed by atoms with van der Waals surface area (Å²) in [5.74, 6) is -0.139. The van der Waals surface area contributed by atoms with Gasteiger partial charge in [0.25, 0.3) is 5.91 Å². The maximum atomic E-state index is 12.4. The highest BCUT2D eigenvalue weighted by Gasteiger charge is 2.17. The molecule has 0 fully saturated rings. The van der Waals surface area contributed by atoms with Crippen molar-refractivity contribution in [3.05, 3.63) is 62.2 Å². The highest BCUT2D eigenvalue weighted by molar-refractivity contribution is 7.13. The molecule has 3 rings (SSSR count). The minimum absolute atomic E-state index is 0.159. The molecule has 0 aliphatic rings. The fourth-order valence-electron chi connectivity index (χ4n) is 2.32. The maximum absolute atomic E-state index is 12.4. The average Bonchev–Trinajstić information content (AvgIpc) is 3.27. The number of nitrogens with one attached hydrogen (secondary N) is 1. The van der Waals surface area contributed by atoms with E-state index in [1.807, 2.05) is 18.4 Å². The third-order valence-electron chi connectivity index (χ3n) is 3.56. The van der Waals surface area contributed by atoms with Crippen molar-refractivity contribution >= 4 is 40.2 Å². The zero-order chi connectivity index (χ0) is 18.5. The van der Waals surface area contributed by atoms with Crippen molar-refractivity contribution < 1.29 is 14.3 Å². The minimum atomic E-state index is -0.405. The summed E-state index contributed by atoms with van der Waals surface area (Å²) < 4.78 is 5.43. The summed E-state index contributed by atoms with van der Waals surface area (Å²) in [7, 11) is 0. The summed E-state index contributed by atoms with van der Waals surface area (Å²) in [5, 5.41) is 5.61. The molecule has 2 heterocycles. The molecule has 0 bridgehead atoms. The Morgan fingerprint density at radius 1 is 1.19 bits per heavy atom. The Kier molecular flexibility index (Phi) is 5.80. The average molecular weight is 386 g/mol. The molecule has 26 heavy (non-hydrogen) atoms. The van der Waals surface area contributed by atoms with Crippen LogP contribution in [0.2, 0.25) is 0 Å². The summed E-state index contributed by atoms with van der Waals surface area (Å²) in [5.41, 5.74) is 1.34. The molecular formula is C19H18N2O3S2. The number of anilines is 1. The van der Waals surface area contributed by atoms with Crippen molar-refractivity contribution in [1.82, 2.24) is 4.98 Å². The molecule has 0 aliphatic carbocycles. The van der Waals surface area contributed by atoms with Crippen LogP contribution in [0.5, 0.6) is 5.75 Å². The second-order valence-corrected chi connectivity index (χ2v) is 7.65. The van der Waals surface area contributed by atoms with E-state index in [4.69, 9.17) is 4.74 Å². The van der Waals surface area contributed by atoms with E-state index in [0.29, 0.717) is 26.9 Å². The quantitative estimate of drug-likeness (QED) is 0.481. The second kappa shape index (κ2) is 8.25. The number of aromatic nitrogens is 1. The molecule has 0 aliphatic heterocycles. The molecule has 0 radical (unpaired) electrons. The third-order valence-corrected chi connectivity index (χ3v) is 5.62. The van der Waals surface area contributed by atoms with Crippen molar-refractivity contribution in [3.63, 3.8) is 0 Å². The summed E-state index contributed by atoms with van der Waals surface area (Å²) >= 11 is 2.76. The van der Waals surface area contributed by atoms with Gasteiger partial charge in [-0.15, -0.1) is 22.7 Å². The molecule has 0 saturated heterocycles. The first-order chi connectivity index (χ1) is 12.6. The topological polar surface area (TPSA) is 68.3 Å². The summed E-state index contributed by atoms with van der Waals surface area (Å²) in [6, 6.07) is 10.3. The Morgan fingerprint density at radius 3 is 2.62 bits per heavy atom. The van der Waals surface area contributed by atoms with Gasteiger partial charge in [0.1, 0.15) is 10.6 Å². The number of nitrogens with zero attached hydrogens (tertiary/aromatic N) is 1. The number of amides is 1. The van der Waals surface area contributed by atoms with Gasteiger partial charge in [-0.3, -0.25) is 4.79 Å². The lowest BCUT2D eigenvalue weighted by Gasteiger charge is -2.06. The van der Waals surface area contributed by atoms with Crippen LogP contribution in [0.1, 0.15) is 43.4 Å². The van der Waals surface area contributed by atoms with E-state index in [-0.39, 0.29) is 5.91 Å². The molecule has 0 unspecified atom stereocenters. The highest BCUT2D eigenvalue weighted by Crippen LogP contribution is 2.23. The Bertz CT molecular complexity index is 900. The monoisotopic (exact) mass is 386 g/mol. The van der Waals surface area contributed by atoms with E-state index in [0.717, 1.165) is 17.8 Å². The SMILES string of the molecule is CCCc1nc(C)c(C(=O)Oc2ccc(NC(=O)c3cccs3)cc2)s1. The van der Waals surface area contributed by atoms with Crippen LogP contribution in [0.3, 0.4) is 0 Å². The number of benzene rings is 1. The van der Waals surface area contributed by atoms with Gasteiger partial charge in [0.2, 0.25) is 0 Å². The predicted octanol–water partition coefficient (Wildman–Crippen LogP) is 4.94. The minimum Gasteiger partial charge on any atom is -0.422 e. The molecule has 3 aromatic rings. The number of carbonyl (C=O) groups is 2. The molecule has 7 heteroatoms. The lowest BCUT2D eigenvalue weighted by molar-refractivity contribution is 0.0738. The van der Waals surface area contributed by atoms with Gasteiger partial charge in [0, 0.05) is 5.69 Å². The molecule has 2 aromatic heterocycles. The van der Waals surface area contributed by atoms with E-state index in [1.54, 1.807) is 30.3 Å². The number of ether oxygens (including phenoxy) is 1. The van der Waals surface area contributed by atoms with E-state index in [1.165, 1.54) is 22.7 Å². The van der Waals surface area contributed by atoms with Crippen LogP contribution in [0.25, 0.3) is 0 Å². The second-order valence-electron chi connectivity index (χ2n) is 5.62. The molecule has 0 saturated carbocycles. The Morgan fingerprint density at radius 2 is 1.96 bits per heavy atom. The van der Waals surface area contributed by atoms with Crippen LogP contribution < -0.4 is 10.1 Å². The van der Waals surface area contributed by atoms with Crippen molar-refractivity contribution in [2.75, 3.05) is 5.32 Å². The lowest BCUT2D eigenvalue weighted by Crippen LogP contribution is -2.10. The van der Waals surface area contributed by atoms with Crippen molar-refractivity contribution in [2.24, 2.45) is 0 Å². The van der Waals surface area contributed by atoms with Gasteiger partial charge >= 0.3 is 5.97 Å².